The molecule has 43 heavy (non-hydrogen) atoms. The molecule has 2 aliphatic heterocycles. The van der Waals surface area contributed by atoms with Gasteiger partial charge in [-0.05, 0) is 66.3 Å². The highest BCUT2D eigenvalue weighted by atomic mass is 32.2. The number of alkyl halides is 3. The Morgan fingerprint density at radius 1 is 1.00 bits per heavy atom. The second kappa shape index (κ2) is 12.1. The summed E-state index contributed by atoms with van der Waals surface area (Å²) < 4.78 is 76.1. The Labute approximate surface area is 249 Å². The topological polar surface area (TPSA) is 83.9 Å². The summed E-state index contributed by atoms with van der Waals surface area (Å²) in [4.78, 5) is 15.5. The SMILES string of the molecule is O=C(CC1c2cccn2CCN1S(=O)(=O)c1cccc(C(F)(F)F)c1)NC1CCCc2cc(CN3CCOCC3)ccc21. The van der Waals surface area contributed by atoms with Crippen LogP contribution in [0.3, 0.4) is 0 Å². The van der Waals surface area contributed by atoms with Crippen LogP contribution < -0.4 is 5.32 Å². The average Bonchev–Trinajstić information content (AvgIpc) is 3.47. The first kappa shape index (κ1) is 29.9. The van der Waals surface area contributed by atoms with Crippen LogP contribution in [0.2, 0.25) is 0 Å². The fourth-order valence-corrected chi connectivity index (χ4v) is 8.10. The number of morpholine rings is 1. The van der Waals surface area contributed by atoms with Crippen LogP contribution in [0.4, 0.5) is 13.2 Å². The molecule has 3 aliphatic rings. The van der Waals surface area contributed by atoms with Gasteiger partial charge in [-0.1, -0.05) is 24.3 Å². The maximum atomic E-state index is 13.7. The lowest BCUT2D eigenvalue weighted by Crippen LogP contribution is -2.44. The third-order valence-electron chi connectivity index (χ3n) is 8.63. The van der Waals surface area contributed by atoms with Crippen molar-refractivity contribution in [2.24, 2.45) is 0 Å². The van der Waals surface area contributed by atoms with Crippen LogP contribution in [0.15, 0.2) is 65.7 Å². The van der Waals surface area contributed by atoms with Crippen molar-refractivity contribution in [3.05, 3.63) is 88.7 Å². The fourth-order valence-electron chi connectivity index (χ4n) is 6.47. The van der Waals surface area contributed by atoms with Crippen molar-refractivity contribution in [1.29, 1.82) is 0 Å². The molecule has 1 aromatic heterocycles. The number of aryl methyl sites for hydroxylation is 1. The van der Waals surface area contributed by atoms with E-state index in [9.17, 15) is 26.4 Å². The van der Waals surface area contributed by atoms with Crippen molar-refractivity contribution in [3.63, 3.8) is 0 Å². The number of hydrogen-bond acceptors (Lipinski definition) is 5. The van der Waals surface area contributed by atoms with Gasteiger partial charge in [-0.15, -0.1) is 0 Å². The molecule has 3 heterocycles. The van der Waals surface area contributed by atoms with Crippen molar-refractivity contribution in [2.75, 3.05) is 32.8 Å². The predicted octanol–water partition coefficient (Wildman–Crippen LogP) is 4.67. The molecule has 1 saturated heterocycles. The number of ether oxygens (including phenoxy) is 1. The summed E-state index contributed by atoms with van der Waals surface area (Å²) in [7, 11) is -4.33. The number of fused-ring (bicyclic) bond motifs is 2. The summed E-state index contributed by atoms with van der Waals surface area (Å²) in [6.45, 7) is 4.51. The molecular formula is C31H35F3N4O4S. The van der Waals surface area contributed by atoms with E-state index >= 15 is 0 Å². The summed E-state index contributed by atoms with van der Waals surface area (Å²) in [5.74, 6) is -0.306. The highest BCUT2D eigenvalue weighted by Gasteiger charge is 2.39. The number of benzene rings is 2. The third kappa shape index (κ3) is 6.38. The molecule has 0 bridgehead atoms. The van der Waals surface area contributed by atoms with E-state index in [1.165, 1.54) is 21.5 Å². The molecule has 0 spiro atoms. The Hall–Kier alpha value is -3.19. The zero-order chi connectivity index (χ0) is 30.2. The molecule has 8 nitrogen and oxygen atoms in total. The van der Waals surface area contributed by atoms with E-state index < -0.39 is 32.7 Å². The lowest BCUT2D eigenvalue weighted by Gasteiger charge is -2.36. The van der Waals surface area contributed by atoms with Crippen LogP contribution in [0.1, 0.15) is 59.3 Å². The molecule has 1 N–H and O–H groups in total. The minimum atomic E-state index is -4.68. The van der Waals surface area contributed by atoms with Crippen LogP contribution in [0, 0.1) is 0 Å². The minimum absolute atomic E-state index is 0.0381. The van der Waals surface area contributed by atoms with Gasteiger partial charge >= 0.3 is 6.18 Å². The third-order valence-corrected chi connectivity index (χ3v) is 10.5. The van der Waals surface area contributed by atoms with Gasteiger partial charge < -0.3 is 14.6 Å². The molecular weight excluding hydrogens is 581 g/mol. The minimum Gasteiger partial charge on any atom is -0.379 e. The number of hydrogen-bond donors (Lipinski definition) is 1. The maximum absolute atomic E-state index is 13.7. The number of nitrogens with zero attached hydrogens (tertiary/aromatic N) is 3. The summed E-state index contributed by atoms with van der Waals surface area (Å²) in [5.41, 5.74) is 3.11. The highest BCUT2D eigenvalue weighted by molar-refractivity contribution is 7.89. The first-order valence-corrected chi connectivity index (χ1v) is 16.1. The average molecular weight is 617 g/mol. The number of halogens is 3. The van der Waals surface area contributed by atoms with Crippen molar-refractivity contribution in [3.8, 4) is 0 Å². The number of aromatic nitrogens is 1. The molecule has 6 rings (SSSR count). The van der Waals surface area contributed by atoms with Crippen LogP contribution >= 0.6 is 0 Å². The molecule has 2 unspecified atom stereocenters. The van der Waals surface area contributed by atoms with Crippen molar-refractivity contribution in [1.82, 2.24) is 19.1 Å². The monoisotopic (exact) mass is 616 g/mol. The van der Waals surface area contributed by atoms with Gasteiger partial charge in [0.1, 0.15) is 0 Å². The Morgan fingerprint density at radius 2 is 1.81 bits per heavy atom. The first-order chi connectivity index (χ1) is 20.6. The zero-order valence-corrected chi connectivity index (χ0v) is 24.5. The lowest BCUT2D eigenvalue weighted by atomic mass is 9.86. The van der Waals surface area contributed by atoms with Gasteiger partial charge in [-0.2, -0.15) is 17.5 Å². The molecule has 1 amide bonds. The Kier molecular flexibility index (Phi) is 8.38. The van der Waals surface area contributed by atoms with Crippen LogP contribution in [0.5, 0.6) is 0 Å². The molecule has 2 aromatic carbocycles. The van der Waals surface area contributed by atoms with E-state index in [0.29, 0.717) is 18.3 Å². The maximum Gasteiger partial charge on any atom is 0.416 e. The Morgan fingerprint density at radius 3 is 2.60 bits per heavy atom. The summed E-state index contributed by atoms with van der Waals surface area (Å²) in [6, 6.07) is 12.7. The molecule has 0 saturated carbocycles. The number of nitrogens with one attached hydrogen (secondary N) is 1. The first-order valence-electron chi connectivity index (χ1n) is 14.6. The standard InChI is InChI=1S/C31H35F3N4O4S/c32-31(33,34)24-5-2-6-25(19-24)43(40,41)38-13-12-37-11-3-8-28(37)29(38)20-30(39)35-27-7-1-4-23-18-22(9-10-26(23)27)21-36-14-16-42-17-15-36/h2-3,5-6,8-11,18-19,27,29H,1,4,7,12-17,20-21H2,(H,35,39). The summed E-state index contributed by atoms with van der Waals surface area (Å²) in [6.07, 6.45) is -0.390. The van der Waals surface area contributed by atoms with Gasteiger partial charge in [0.25, 0.3) is 0 Å². The summed E-state index contributed by atoms with van der Waals surface area (Å²) in [5, 5.41) is 3.14. The van der Waals surface area contributed by atoms with Gasteiger partial charge in [0.05, 0.1) is 35.8 Å². The van der Waals surface area contributed by atoms with Crippen molar-refractivity contribution in [2.45, 2.75) is 61.9 Å². The van der Waals surface area contributed by atoms with Gasteiger partial charge in [0.2, 0.25) is 15.9 Å². The normalized spacial score (nSPS) is 21.7. The van der Waals surface area contributed by atoms with Crippen LogP contribution in [0.25, 0.3) is 0 Å². The fraction of sp³-hybridized carbons (Fsp3) is 0.452. The van der Waals surface area contributed by atoms with E-state index in [1.54, 1.807) is 12.1 Å². The molecule has 1 fully saturated rings. The van der Waals surface area contributed by atoms with Gasteiger partial charge in [-0.3, -0.25) is 9.69 Å². The molecule has 12 heteroatoms. The largest absolute Gasteiger partial charge is 0.416 e. The van der Waals surface area contributed by atoms with E-state index in [2.05, 4.69) is 28.4 Å². The number of rotatable bonds is 7. The molecule has 2 atom stereocenters. The van der Waals surface area contributed by atoms with Gasteiger partial charge in [0.15, 0.2) is 0 Å². The number of carbonyl (C=O) groups is 1. The smallest absolute Gasteiger partial charge is 0.379 e. The van der Waals surface area contributed by atoms with Crippen LogP contribution in [-0.4, -0.2) is 60.9 Å². The Balaban J connectivity index is 1.20. The lowest BCUT2D eigenvalue weighted by molar-refractivity contribution is -0.137. The number of sulfonamides is 1. The van der Waals surface area contributed by atoms with E-state index in [4.69, 9.17) is 4.74 Å². The quantitative estimate of drug-likeness (QED) is 0.418. The van der Waals surface area contributed by atoms with E-state index in [0.717, 1.165) is 69.8 Å². The number of carbonyl (C=O) groups excluding carboxylic acids is 1. The van der Waals surface area contributed by atoms with E-state index in [1.807, 2.05) is 10.8 Å². The molecule has 230 valence electrons. The second-order valence-corrected chi connectivity index (χ2v) is 13.3. The predicted molar refractivity (Wildman–Crippen MR) is 153 cm³/mol. The van der Waals surface area contributed by atoms with E-state index in [-0.39, 0.29) is 24.9 Å². The van der Waals surface area contributed by atoms with Gasteiger partial charge in [0, 0.05) is 51.0 Å². The second-order valence-electron chi connectivity index (χ2n) is 11.4. The van der Waals surface area contributed by atoms with Gasteiger partial charge in [-0.25, -0.2) is 8.42 Å². The Bertz CT molecular complexity index is 1580. The summed E-state index contributed by atoms with van der Waals surface area (Å²) >= 11 is 0. The molecule has 0 radical (unpaired) electrons. The highest BCUT2D eigenvalue weighted by Crippen LogP contribution is 2.37. The van der Waals surface area contributed by atoms with Crippen molar-refractivity contribution < 1.29 is 31.1 Å². The van der Waals surface area contributed by atoms with Crippen LogP contribution in [-0.2, 0) is 45.2 Å². The molecule has 3 aromatic rings. The zero-order valence-electron chi connectivity index (χ0n) is 23.7. The van der Waals surface area contributed by atoms with Crippen molar-refractivity contribution >= 4 is 15.9 Å². The molecule has 1 aliphatic carbocycles. The number of amides is 1.